The number of fused-ring (bicyclic) bond motifs is 1. The largest absolute Gasteiger partial charge is 0.508 e. The number of phenols is 1. The summed E-state index contributed by atoms with van der Waals surface area (Å²) < 4.78 is 0. The molecule has 0 amide bonds. The number of aromatic hydroxyl groups is 1. The fourth-order valence-corrected chi connectivity index (χ4v) is 3.35. The summed E-state index contributed by atoms with van der Waals surface area (Å²) in [6, 6.07) is 12.2. The third kappa shape index (κ3) is 3.21. The van der Waals surface area contributed by atoms with Crippen LogP contribution >= 0.6 is 0 Å². The second-order valence-electron chi connectivity index (χ2n) is 7.08. The van der Waals surface area contributed by atoms with Crippen molar-refractivity contribution >= 4 is 10.8 Å². The van der Waals surface area contributed by atoms with Crippen molar-refractivity contribution < 1.29 is 5.11 Å². The fraction of sp³-hybridized carbons (Fsp3) is 0.474. The maximum atomic E-state index is 10.3. The lowest BCUT2D eigenvalue weighted by Crippen LogP contribution is -2.25. The third-order valence-electron chi connectivity index (χ3n) is 4.83. The van der Waals surface area contributed by atoms with Crippen LogP contribution in [0.4, 0.5) is 0 Å². The van der Waals surface area contributed by atoms with E-state index in [1.807, 2.05) is 12.1 Å². The van der Waals surface area contributed by atoms with E-state index in [4.69, 9.17) is 0 Å². The summed E-state index contributed by atoms with van der Waals surface area (Å²) in [4.78, 5) is 2.50. The molecular weight excluding hydrogens is 258 g/mol. The van der Waals surface area contributed by atoms with Gasteiger partial charge in [0.15, 0.2) is 0 Å². The van der Waals surface area contributed by atoms with Gasteiger partial charge in [-0.3, -0.25) is 4.90 Å². The molecule has 0 radical (unpaired) electrons. The highest BCUT2D eigenvalue weighted by molar-refractivity contribution is 5.87. The van der Waals surface area contributed by atoms with E-state index in [1.165, 1.54) is 30.0 Å². The van der Waals surface area contributed by atoms with E-state index >= 15 is 0 Å². The predicted molar refractivity (Wildman–Crippen MR) is 88.5 cm³/mol. The molecule has 112 valence electrons. The minimum Gasteiger partial charge on any atom is -0.508 e. The molecule has 2 nitrogen and oxygen atoms in total. The number of phenolic OH excluding ortho intramolecular Hbond substituents is 1. The first-order valence-corrected chi connectivity index (χ1v) is 7.97. The van der Waals surface area contributed by atoms with Crippen LogP contribution in [-0.4, -0.2) is 23.1 Å². The number of hydrogen-bond acceptors (Lipinski definition) is 2. The smallest absolute Gasteiger partial charge is 0.120 e. The highest BCUT2D eigenvalue weighted by Crippen LogP contribution is 2.32. The van der Waals surface area contributed by atoms with Gasteiger partial charge in [-0.05, 0) is 54.6 Å². The summed E-state index contributed by atoms with van der Waals surface area (Å²) in [5, 5.41) is 12.7. The van der Waals surface area contributed by atoms with Crippen LogP contribution < -0.4 is 0 Å². The van der Waals surface area contributed by atoms with Crippen molar-refractivity contribution in [1.29, 1.82) is 0 Å². The average Bonchev–Trinajstić information content (AvgIpc) is 2.63. The van der Waals surface area contributed by atoms with Crippen molar-refractivity contribution in [3.05, 3.63) is 42.0 Å². The van der Waals surface area contributed by atoms with Crippen molar-refractivity contribution in [2.75, 3.05) is 13.1 Å². The van der Waals surface area contributed by atoms with E-state index < -0.39 is 0 Å². The Morgan fingerprint density at radius 1 is 1.05 bits per heavy atom. The molecule has 1 aliphatic rings. The Morgan fingerprint density at radius 2 is 1.86 bits per heavy atom. The van der Waals surface area contributed by atoms with Crippen LogP contribution in [0.25, 0.3) is 10.8 Å². The highest BCUT2D eigenvalue weighted by atomic mass is 16.3. The van der Waals surface area contributed by atoms with Crippen molar-refractivity contribution in [3.8, 4) is 5.75 Å². The number of hydrogen-bond donors (Lipinski definition) is 1. The fourth-order valence-electron chi connectivity index (χ4n) is 3.35. The van der Waals surface area contributed by atoms with Crippen LogP contribution in [-0.2, 0) is 6.54 Å². The topological polar surface area (TPSA) is 23.5 Å². The monoisotopic (exact) mass is 283 g/mol. The van der Waals surface area contributed by atoms with Gasteiger partial charge in [-0.1, -0.05) is 44.2 Å². The maximum absolute atomic E-state index is 10.3. The molecule has 0 spiro atoms. The predicted octanol–water partition coefficient (Wildman–Crippen LogP) is 4.56. The molecule has 1 heterocycles. The van der Waals surface area contributed by atoms with Crippen molar-refractivity contribution in [3.63, 3.8) is 0 Å². The molecular formula is C19H25NO. The van der Waals surface area contributed by atoms with Gasteiger partial charge in [-0.15, -0.1) is 0 Å². The van der Waals surface area contributed by atoms with E-state index in [9.17, 15) is 5.11 Å². The van der Waals surface area contributed by atoms with E-state index in [0.29, 0.717) is 11.2 Å². The van der Waals surface area contributed by atoms with Crippen LogP contribution in [0.5, 0.6) is 5.75 Å². The molecule has 1 saturated heterocycles. The summed E-state index contributed by atoms with van der Waals surface area (Å²) >= 11 is 0. The second kappa shape index (κ2) is 5.69. The van der Waals surface area contributed by atoms with E-state index in [0.717, 1.165) is 25.2 Å². The number of benzene rings is 2. The molecule has 1 aliphatic heterocycles. The zero-order valence-corrected chi connectivity index (χ0v) is 13.1. The van der Waals surface area contributed by atoms with Crippen molar-refractivity contribution in [2.45, 2.75) is 39.7 Å². The molecule has 1 fully saturated rings. The minimum absolute atomic E-state index is 0.428. The van der Waals surface area contributed by atoms with E-state index in [1.54, 1.807) is 0 Å². The van der Waals surface area contributed by atoms with E-state index in [2.05, 4.69) is 43.0 Å². The van der Waals surface area contributed by atoms with Gasteiger partial charge in [0.05, 0.1) is 0 Å². The molecule has 0 atom stereocenters. The highest BCUT2D eigenvalue weighted by Gasteiger charge is 2.23. The Morgan fingerprint density at radius 3 is 2.71 bits per heavy atom. The van der Waals surface area contributed by atoms with Gasteiger partial charge < -0.3 is 5.11 Å². The second-order valence-corrected chi connectivity index (χ2v) is 7.08. The molecule has 2 aromatic rings. The van der Waals surface area contributed by atoms with Crippen LogP contribution in [0.2, 0.25) is 0 Å². The normalized spacial score (nSPS) is 19.5. The van der Waals surface area contributed by atoms with Gasteiger partial charge in [-0.2, -0.15) is 0 Å². The summed E-state index contributed by atoms with van der Waals surface area (Å²) in [5.41, 5.74) is 1.53. The lowest BCUT2D eigenvalue weighted by atomic mass is 9.85. The number of rotatable bonds is 2. The van der Waals surface area contributed by atoms with Gasteiger partial charge >= 0.3 is 0 Å². The molecule has 0 unspecified atom stereocenters. The van der Waals surface area contributed by atoms with Gasteiger partial charge in [0, 0.05) is 12.1 Å². The molecule has 2 heteroatoms. The van der Waals surface area contributed by atoms with E-state index in [-0.39, 0.29) is 0 Å². The third-order valence-corrected chi connectivity index (χ3v) is 4.83. The molecule has 21 heavy (non-hydrogen) atoms. The lowest BCUT2D eigenvalue weighted by molar-refractivity contribution is 0.254. The molecule has 1 N–H and O–H groups in total. The van der Waals surface area contributed by atoms with Crippen molar-refractivity contribution in [2.24, 2.45) is 5.41 Å². The van der Waals surface area contributed by atoms with Crippen LogP contribution in [0, 0.1) is 5.41 Å². The summed E-state index contributed by atoms with van der Waals surface area (Å²) in [6.45, 7) is 7.84. The summed E-state index contributed by atoms with van der Waals surface area (Å²) in [5.74, 6) is 0.428. The number of likely N-dealkylation sites (tertiary alicyclic amines) is 1. The molecule has 0 saturated carbocycles. The first kappa shape index (κ1) is 14.4. The Balaban J connectivity index is 1.86. The Kier molecular flexibility index (Phi) is 3.90. The Bertz CT molecular complexity index is 632. The zero-order valence-electron chi connectivity index (χ0n) is 13.1. The average molecular weight is 283 g/mol. The first-order valence-electron chi connectivity index (χ1n) is 7.97. The standard InChI is InChI=1S/C19H25NO/c1-19(2)10-5-12-20(13-11-19)14-17-16-7-4-3-6-15(16)8-9-18(17)21/h3-4,6-9,21H,5,10-14H2,1-2H3. The quantitative estimate of drug-likeness (QED) is 0.873. The molecule has 3 rings (SSSR count). The van der Waals surface area contributed by atoms with Crippen LogP contribution in [0.3, 0.4) is 0 Å². The Labute approximate surface area is 127 Å². The first-order chi connectivity index (χ1) is 10.1. The molecule has 0 aliphatic carbocycles. The van der Waals surface area contributed by atoms with Gasteiger partial charge in [0.2, 0.25) is 0 Å². The van der Waals surface area contributed by atoms with Crippen LogP contribution in [0.1, 0.15) is 38.7 Å². The Hall–Kier alpha value is -1.54. The maximum Gasteiger partial charge on any atom is 0.120 e. The van der Waals surface area contributed by atoms with Crippen LogP contribution in [0.15, 0.2) is 36.4 Å². The SMILES string of the molecule is CC1(C)CCCN(Cc2c(O)ccc3ccccc23)CC1. The molecule has 0 aromatic heterocycles. The van der Waals surface area contributed by atoms with Crippen molar-refractivity contribution in [1.82, 2.24) is 4.90 Å². The molecule has 2 aromatic carbocycles. The molecule has 0 bridgehead atoms. The van der Waals surface area contributed by atoms with Gasteiger partial charge in [-0.25, -0.2) is 0 Å². The number of nitrogens with zero attached hydrogens (tertiary/aromatic N) is 1. The van der Waals surface area contributed by atoms with Gasteiger partial charge in [0.25, 0.3) is 0 Å². The minimum atomic E-state index is 0.428. The summed E-state index contributed by atoms with van der Waals surface area (Å²) in [6.07, 6.45) is 3.78. The zero-order chi connectivity index (χ0) is 14.9. The van der Waals surface area contributed by atoms with Gasteiger partial charge in [0.1, 0.15) is 5.75 Å². The summed E-state index contributed by atoms with van der Waals surface area (Å²) in [7, 11) is 0. The lowest BCUT2D eigenvalue weighted by Gasteiger charge is -2.24.